The van der Waals surface area contributed by atoms with Gasteiger partial charge in [0.25, 0.3) is 0 Å². The molecule has 0 spiro atoms. The molecule has 2 heterocycles. The molecular formula is C9H9N5. The molecule has 0 radical (unpaired) electrons. The van der Waals surface area contributed by atoms with Crippen molar-refractivity contribution in [1.82, 2.24) is 15.2 Å². The molecule has 0 aliphatic heterocycles. The molecule has 14 heavy (non-hydrogen) atoms. The summed E-state index contributed by atoms with van der Waals surface area (Å²) in [5, 5.41) is 13.8. The highest BCUT2D eigenvalue weighted by atomic mass is 15.1. The molecule has 2 rings (SSSR count). The Morgan fingerprint density at radius 1 is 1.43 bits per heavy atom. The van der Waals surface area contributed by atoms with Crippen molar-refractivity contribution in [2.45, 2.75) is 0 Å². The smallest absolute Gasteiger partial charge is 0.141 e. The minimum atomic E-state index is -0.0321. The molecule has 5 nitrogen and oxygen atoms in total. The number of aromatic amines is 1. The number of nitrogens with one attached hydrogen (secondary N) is 2. The van der Waals surface area contributed by atoms with Crippen LogP contribution in [-0.2, 0) is 0 Å². The number of H-pyrrole nitrogens is 1. The maximum Gasteiger partial charge on any atom is 0.141 e. The largest absolute Gasteiger partial charge is 0.382 e. The van der Waals surface area contributed by atoms with Crippen LogP contribution in [0.1, 0.15) is 5.69 Å². The summed E-state index contributed by atoms with van der Waals surface area (Å²) >= 11 is 0. The first-order valence-corrected chi connectivity index (χ1v) is 4.08. The van der Waals surface area contributed by atoms with Gasteiger partial charge in [-0.3, -0.25) is 10.5 Å². The molecule has 0 bridgehead atoms. The number of hydrogen-bond acceptors (Lipinski definition) is 3. The summed E-state index contributed by atoms with van der Waals surface area (Å²) < 4.78 is 0. The van der Waals surface area contributed by atoms with Gasteiger partial charge < -0.3 is 5.73 Å². The maximum atomic E-state index is 7.25. The quantitative estimate of drug-likeness (QED) is 0.478. The SMILES string of the molecule is N=C(N)c1cccc(-c2cn[nH]c2)n1. The first kappa shape index (κ1) is 8.43. The fourth-order valence-corrected chi connectivity index (χ4v) is 1.14. The van der Waals surface area contributed by atoms with Crippen molar-refractivity contribution in [3.8, 4) is 11.3 Å². The van der Waals surface area contributed by atoms with E-state index in [2.05, 4.69) is 15.2 Å². The molecule has 5 heteroatoms. The van der Waals surface area contributed by atoms with Crippen molar-refractivity contribution in [3.63, 3.8) is 0 Å². The maximum absolute atomic E-state index is 7.25. The Kier molecular flexibility index (Phi) is 1.98. The van der Waals surface area contributed by atoms with Gasteiger partial charge in [0, 0.05) is 11.8 Å². The van der Waals surface area contributed by atoms with Crippen LogP contribution in [0.3, 0.4) is 0 Å². The van der Waals surface area contributed by atoms with Crippen LogP contribution in [0.4, 0.5) is 0 Å². The average Bonchev–Trinajstić information content (AvgIpc) is 2.71. The van der Waals surface area contributed by atoms with E-state index in [-0.39, 0.29) is 5.84 Å². The number of aromatic nitrogens is 3. The molecule has 0 saturated heterocycles. The number of nitrogen functional groups attached to an aromatic ring is 1. The van der Waals surface area contributed by atoms with Crippen LogP contribution < -0.4 is 5.73 Å². The van der Waals surface area contributed by atoms with Gasteiger partial charge in [-0.25, -0.2) is 4.98 Å². The van der Waals surface area contributed by atoms with Crippen molar-refractivity contribution < 1.29 is 0 Å². The summed E-state index contributed by atoms with van der Waals surface area (Å²) in [6.45, 7) is 0. The molecule has 0 aliphatic carbocycles. The third kappa shape index (κ3) is 1.47. The Bertz CT molecular complexity index is 446. The third-order valence-electron chi connectivity index (χ3n) is 1.82. The van der Waals surface area contributed by atoms with Gasteiger partial charge in [-0.05, 0) is 12.1 Å². The molecule has 0 fully saturated rings. The van der Waals surface area contributed by atoms with Gasteiger partial charge in [0.15, 0.2) is 0 Å². The van der Waals surface area contributed by atoms with Crippen molar-refractivity contribution in [1.29, 1.82) is 5.41 Å². The van der Waals surface area contributed by atoms with Crippen LogP contribution in [-0.4, -0.2) is 21.0 Å². The van der Waals surface area contributed by atoms with E-state index in [4.69, 9.17) is 11.1 Å². The second-order valence-electron chi connectivity index (χ2n) is 2.81. The van der Waals surface area contributed by atoms with Crippen molar-refractivity contribution in [2.75, 3.05) is 0 Å². The summed E-state index contributed by atoms with van der Waals surface area (Å²) in [5.41, 5.74) is 7.45. The second kappa shape index (κ2) is 3.29. The van der Waals surface area contributed by atoms with Gasteiger partial charge in [-0.1, -0.05) is 6.07 Å². The first-order chi connectivity index (χ1) is 6.77. The topological polar surface area (TPSA) is 91.4 Å². The van der Waals surface area contributed by atoms with E-state index in [9.17, 15) is 0 Å². The zero-order valence-corrected chi connectivity index (χ0v) is 7.36. The van der Waals surface area contributed by atoms with Crippen molar-refractivity contribution in [2.24, 2.45) is 5.73 Å². The van der Waals surface area contributed by atoms with Gasteiger partial charge in [0.05, 0.1) is 11.9 Å². The van der Waals surface area contributed by atoms with Crippen molar-refractivity contribution in [3.05, 3.63) is 36.3 Å². The average molecular weight is 187 g/mol. The molecule has 0 amide bonds. The Labute approximate surface area is 80.5 Å². The van der Waals surface area contributed by atoms with Crippen LogP contribution in [0.15, 0.2) is 30.6 Å². The minimum Gasteiger partial charge on any atom is -0.382 e. The standard InChI is InChI=1S/C9H9N5/c10-9(11)8-3-1-2-7(14-8)6-4-12-13-5-6/h1-5H,(H3,10,11)(H,12,13). The second-order valence-corrected chi connectivity index (χ2v) is 2.81. The predicted molar refractivity (Wildman–Crippen MR) is 52.8 cm³/mol. The van der Waals surface area contributed by atoms with E-state index >= 15 is 0 Å². The van der Waals surface area contributed by atoms with Crippen LogP contribution in [0.2, 0.25) is 0 Å². The Morgan fingerprint density at radius 3 is 2.93 bits per heavy atom. The highest BCUT2D eigenvalue weighted by Gasteiger charge is 2.02. The van der Waals surface area contributed by atoms with E-state index in [0.717, 1.165) is 11.3 Å². The predicted octanol–water partition coefficient (Wildman–Crippen LogP) is 0.756. The number of nitrogens with zero attached hydrogens (tertiary/aromatic N) is 2. The van der Waals surface area contributed by atoms with Gasteiger partial charge in [-0.2, -0.15) is 5.10 Å². The van der Waals surface area contributed by atoms with Crippen LogP contribution in [0.5, 0.6) is 0 Å². The number of pyridine rings is 1. The molecule has 2 aromatic rings. The molecule has 0 aromatic carbocycles. The van der Waals surface area contributed by atoms with E-state index in [1.54, 1.807) is 18.5 Å². The minimum absolute atomic E-state index is 0.0321. The van der Waals surface area contributed by atoms with Gasteiger partial charge in [0.1, 0.15) is 11.5 Å². The summed E-state index contributed by atoms with van der Waals surface area (Å²) in [4.78, 5) is 4.21. The summed E-state index contributed by atoms with van der Waals surface area (Å²) in [7, 11) is 0. The normalized spacial score (nSPS) is 10.0. The molecule has 4 N–H and O–H groups in total. The van der Waals surface area contributed by atoms with E-state index < -0.39 is 0 Å². The third-order valence-corrected chi connectivity index (χ3v) is 1.82. The van der Waals surface area contributed by atoms with Gasteiger partial charge >= 0.3 is 0 Å². The zero-order valence-electron chi connectivity index (χ0n) is 7.36. The number of amidine groups is 1. The van der Waals surface area contributed by atoms with Crippen molar-refractivity contribution >= 4 is 5.84 Å². The molecule has 70 valence electrons. The lowest BCUT2D eigenvalue weighted by Crippen LogP contribution is -2.13. The highest BCUT2D eigenvalue weighted by molar-refractivity contribution is 5.93. The lowest BCUT2D eigenvalue weighted by Gasteiger charge is -1.99. The van der Waals surface area contributed by atoms with Crippen LogP contribution in [0, 0.1) is 5.41 Å². The fourth-order valence-electron chi connectivity index (χ4n) is 1.14. The first-order valence-electron chi connectivity index (χ1n) is 4.08. The molecule has 0 saturated carbocycles. The molecule has 0 aliphatic rings. The molecule has 2 aromatic heterocycles. The lowest BCUT2D eigenvalue weighted by molar-refractivity contribution is 1.09. The highest BCUT2D eigenvalue weighted by Crippen LogP contribution is 2.14. The Balaban J connectivity index is 2.46. The van der Waals surface area contributed by atoms with Gasteiger partial charge in [0.2, 0.25) is 0 Å². The zero-order chi connectivity index (χ0) is 9.97. The molecule has 0 atom stereocenters. The fraction of sp³-hybridized carbons (Fsp3) is 0. The number of rotatable bonds is 2. The molecule has 0 unspecified atom stereocenters. The Morgan fingerprint density at radius 2 is 2.29 bits per heavy atom. The van der Waals surface area contributed by atoms with Crippen LogP contribution in [0.25, 0.3) is 11.3 Å². The number of hydrogen-bond donors (Lipinski definition) is 3. The van der Waals surface area contributed by atoms with Gasteiger partial charge in [-0.15, -0.1) is 0 Å². The molecular weight excluding hydrogens is 178 g/mol. The number of nitrogens with two attached hydrogens (primary N) is 1. The Hall–Kier alpha value is -2.17. The van der Waals surface area contributed by atoms with Crippen LogP contribution >= 0.6 is 0 Å². The summed E-state index contributed by atoms with van der Waals surface area (Å²) in [5.74, 6) is -0.0321. The monoisotopic (exact) mass is 187 g/mol. The van der Waals surface area contributed by atoms with E-state index in [0.29, 0.717) is 5.69 Å². The van der Waals surface area contributed by atoms with E-state index in [1.807, 2.05) is 12.1 Å². The summed E-state index contributed by atoms with van der Waals surface area (Å²) in [6, 6.07) is 5.36. The lowest BCUT2D eigenvalue weighted by atomic mass is 10.2. The van der Waals surface area contributed by atoms with E-state index in [1.165, 1.54) is 0 Å². The summed E-state index contributed by atoms with van der Waals surface area (Å²) in [6.07, 6.45) is 3.42.